The minimum Gasteiger partial charge on any atom is -0.381 e. The van der Waals surface area contributed by atoms with Gasteiger partial charge in [-0.25, -0.2) is 23.1 Å². The predicted molar refractivity (Wildman–Crippen MR) is 116 cm³/mol. The number of nitrogens with zero attached hydrogens (tertiary/aromatic N) is 5. The van der Waals surface area contributed by atoms with Crippen molar-refractivity contribution in [2.75, 3.05) is 5.73 Å². The lowest BCUT2D eigenvalue weighted by Crippen LogP contribution is -2.12. The number of hydrogen-bond acceptors (Lipinski definition) is 6. The van der Waals surface area contributed by atoms with E-state index in [0.717, 1.165) is 11.1 Å². The first kappa shape index (κ1) is 18.8. The van der Waals surface area contributed by atoms with Gasteiger partial charge in [-0.15, -0.1) is 5.10 Å². The third-order valence-electron chi connectivity index (χ3n) is 5.08. The van der Waals surface area contributed by atoms with Crippen LogP contribution in [0.15, 0.2) is 72.0 Å². The molecule has 5 rings (SSSR count). The van der Waals surface area contributed by atoms with Gasteiger partial charge in [0.2, 0.25) is 10.0 Å². The average molecular weight is 429 g/mol. The lowest BCUT2D eigenvalue weighted by atomic mass is 10.0. The summed E-state index contributed by atoms with van der Waals surface area (Å²) in [6.45, 7) is 0. The van der Waals surface area contributed by atoms with Crippen LogP contribution in [-0.2, 0) is 10.0 Å². The number of fused-ring (bicyclic) bond motifs is 3. The van der Waals surface area contributed by atoms with Gasteiger partial charge in [0.05, 0.1) is 15.8 Å². The highest BCUT2D eigenvalue weighted by Crippen LogP contribution is 2.36. The Morgan fingerprint density at radius 1 is 1.03 bits per heavy atom. The van der Waals surface area contributed by atoms with Crippen molar-refractivity contribution >= 4 is 32.4 Å². The quantitative estimate of drug-likeness (QED) is 0.450. The Balaban J connectivity index is 1.87. The van der Waals surface area contributed by atoms with Crippen molar-refractivity contribution in [2.45, 2.75) is 4.90 Å². The van der Waals surface area contributed by atoms with Crippen molar-refractivity contribution < 1.29 is 8.42 Å². The zero-order valence-electron chi connectivity index (χ0n) is 16.0. The second kappa shape index (κ2) is 6.66. The number of hydrogen-bond donors (Lipinski definition) is 2. The van der Waals surface area contributed by atoms with Gasteiger partial charge in [0, 0.05) is 17.4 Å². The van der Waals surface area contributed by atoms with Gasteiger partial charge in [0.25, 0.3) is 0 Å². The Morgan fingerprint density at radius 3 is 2.39 bits per heavy atom. The fraction of sp³-hybridized carbons (Fsp3) is 0. The molecule has 0 saturated heterocycles. The van der Waals surface area contributed by atoms with Gasteiger partial charge >= 0.3 is 0 Å². The molecule has 0 saturated carbocycles. The highest BCUT2D eigenvalue weighted by atomic mass is 32.2. The van der Waals surface area contributed by atoms with Crippen molar-refractivity contribution in [3.05, 3.63) is 72.7 Å². The van der Waals surface area contributed by atoms with E-state index in [1.54, 1.807) is 12.1 Å². The van der Waals surface area contributed by atoms with E-state index in [0.29, 0.717) is 22.2 Å². The molecule has 3 aromatic heterocycles. The summed E-state index contributed by atoms with van der Waals surface area (Å²) in [7, 11) is -3.80. The Morgan fingerprint density at radius 2 is 1.74 bits per heavy atom. The zero-order valence-corrected chi connectivity index (χ0v) is 16.8. The third kappa shape index (κ3) is 2.92. The maximum Gasteiger partial charge on any atom is 0.238 e. The minimum atomic E-state index is -3.80. The number of nitrogens with two attached hydrogens (primary N) is 2. The molecular formula is C21H15N7O2S. The highest BCUT2D eigenvalue weighted by Gasteiger charge is 2.21. The molecule has 0 aliphatic carbocycles. The summed E-state index contributed by atoms with van der Waals surface area (Å²) < 4.78 is 26.5. The van der Waals surface area contributed by atoms with Crippen molar-refractivity contribution in [1.29, 1.82) is 5.26 Å². The van der Waals surface area contributed by atoms with Crippen molar-refractivity contribution in [1.82, 2.24) is 19.2 Å². The third-order valence-corrected chi connectivity index (χ3v) is 6.01. The second-order valence-corrected chi connectivity index (χ2v) is 8.49. The number of benzene rings is 2. The van der Waals surface area contributed by atoms with E-state index in [4.69, 9.17) is 10.9 Å². The first-order chi connectivity index (χ1) is 14.9. The van der Waals surface area contributed by atoms with Crippen LogP contribution in [0.1, 0.15) is 5.56 Å². The fourth-order valence-corrected chi connectivity index (χ4v) is 4.20. The van der Waals surface area contributed by atoms with E-state index >= 15 is 0 Å². The molecule has 4 N–H and O–H groups in total. The molecule has 0 amide bonds. The predicted octanol–water partition coefficient (Wildman–Crippen LogP) is 2.44. The number of nitrogen functional groups attached to an aromatic ring is 1. The number of rotatable bonds is 3. The fourth-order valence-electron chi connectivity index (χ4n) is 3.68. The first-order valence-corrected chi connectivity index (χ1v) is 10.7. The highest BCUT2D eigenvalue weighted by molar-refractivity contribution is 7.89. The summed E-state index contributed by atoms with van der Waals surface area (Å²) in [5, 5.41) is 19.8. The van der Waals surface area contributed by atoms with Crippen LogP contribution in [0.5, 0.6) is 0 Å². The molecule has 3 heterocycles. The van der Waals surface area contributed by atoms with Crippen LogP contribution in [0.25, 0.3) is 33.4 Å². The zero-order chi connectivity index (χ0) is 21.8. The molecule has 9 nitrogen and oxygen atoms in total. The Kier molecular flexibility index (Phi) is 4.04. The van der Waals surface area contributed by atoms with Crippen molar-refractivity contribution in [3.8, 4) is 22.9 Å². The molecule has 0 fully saturated rings. The van der Waals surface area contributed by atoms with E-state index in [1.165, 1.54) is 23.0 Å². The van der Waals surface area contributed by atoms with E-state index in [9.17, 15) is 13.7 Å². The standard InChI is InChI=1S/C21H15N7O2S/c22-10-16-19-18-17(13-4-2-1-3-5-13)11-27(21(18)25-12-28(19)26-20(16)23)14-6-8-15(9-7-14)31(24,29)30/h1-9,11-12H,(H2,23,26)(H2,24,29,30). The maximum atomic E-state index is 11.6. The van der Waals surface area contributed by atoms with Crippen LogP contribution in [0.2, 0.25) is 0 Å². The molecule has 31 heavy (non-hydrogen) atoms. The molecule has 0 spiro atoms. The number of sulfonamides is 1. The van der Waals surface area contributed by atoms with Crippen molar-refractivity contribution in [3.63, 3.8) is 0 Å². The average Bonchev–Trinajstić information content (AvgIpc) is 3.30. The topological polar surface area (TPSA) is 145 Å². The van der Waals surface area contributed by atoms with Gasteiger partial charge in [-0.2, -0.15) is 5.26 Å². The van der Waals surface area contributed by atoms with Crippen LogP contribution in [0.3, 0.4) is 0 Å². The summed E-state index contributed by atoms with van der Waals surface area (Å²) >= 11 is 0. The molecule has 0 atom stereocenters. The molecule has 152 valence electrons. The van der Waals surface area contributed by atoms with Crippen LogP contribution in [0, 0.1) is 11.3 Å². The van der Waals surface area contributed by atoms with Gasteiger partial charge in [-0.3, -0.25) is 0 Å². The van der Waals surface area contributed by atoms with E-state index in [1.807, 2.05) is 41.1 Å². The van der Waals surface area contributed by atoms with Gasteiger partial charge in [0.15, 0.2) is 5.82 Å². The van der Waals surface area contributed by atoms with Crippen LogP contribution in [-0.4, -0.2) is 27.6 Å². The molecule has 0 bridgehead atoms. The molecule has 0 aliphatic heterocycles. The second-order valence-electron chi connectivity index (χ2n) is 6.93. The Bertz CT molecular complexity index is 1610. The monoisotopic (exact) mass is 429 g/mol. The van der Waals surface area contributed by atoms with Crippen molar-refractivity contribution in [2.24, 2.45) is 5.14 Å². The van der Waals surface area contributed by atoms with Gasteiger partial charge < -0.3 is 10.3 Å². The van der Waals surface area contributed by atoms with Crippen LogP contribution in [0.4, 0.5) is 5.82 Å². The van der Waals surface area contributed by atoms with Crippen LogP contribution < -0.4 is 10.9 Å². The largest absolute Gasteiger partial charge is 0.381 e. The molecule has 0 unspecified atom stereocenters. The molecular weight excluding hydrogens is 414 g/mol. The summed E-state index contributed by atoms with van der Waals surface area (Å²) in [6, 6.07) is 18.0. The minimum absolute atomic E-state index is 0.0154. The summed E-state index contributed by atoms with van der Waals surface area (Å²) in [6.07, 6.45) is 3.39. The number of primary sulfonamides is 1. The summed E-state index contributed by atoms with van der Waals surface area (Å²) in [4.78, 5) is 4.56. The SMILES string of the molecule is N#Cc1c(N)nn2cnc3c(c(-c4ccccc4)cn3-c3ccc(S(N)(=O)=O)cc3)c12. The van der Waals surface area contributed by atoms with E-state index in [-0.39, 0.29) is 16.3 Å². The smallest absolute Gasteiger partial charge is 0.238 e. The van der Waals surface area contributed by atoms with E-state index < -0.39 is 10.0 Å². The van der Waals surface area contributed by atoms with Gasteiger partial charge in [-0.1, -0.05) is 30.3 Å². The molecule has 5 aromatic rings. The molecule has 2 aromatic carbocycles. The van der Waals surface area contributed by atoms with E-state index in [2.05, 4.69) is 16.2 Å². The van der Waals surface area contributed by atoms with Gasteiger partial charge in [0.1, 0.15) is 23.6 Å². The normalized spacial score (nSPS) is 11.7. The molecule has 10 heteroatoms. The number of nitriles is 1. The lowest BCUT2D eigenvalue weighted by Gasteiger charge is -2.06. The molecule has 0 radical (unpaired) electrons. The Hall–Kier alpha value is -4.20. The summed E-state index contributed by atoms with van der Waals surface area (Å²) in [5.74, 6) is 0.126. The number of aromatic nitrogens is 4. The first-order valence-electron chi connectivity index (χ1n) is 9.15. The van der Waals surface area contributed by atoms with Crippen LogP contribution >= 0.6 is 0 Å². The maximum absolute atomic E-state index is 11.6. The van der Waals surface area contributed by atoms with Gasteiger partial charge in [-0.05, 0) is 29.8 Å². The number of anilines is 1. The summed E-state index contributed by atoms with van der Waals surface area (Å²) in [5.41, 5.74) is 9.80. The molecule has 0 aliphatic rings. The lowest BCUT2D eigenvalue weighted by molar-refractivity contribution is 0.598. The Labute approximate surface area is 176 Å².